The number of hydrogen-bond acceptors (Lipinski definition) is 8. The van der Waals surface area contributed by atoms with E-state index in [-0.39, 0.29) is 11.9 Å². The SMILES string of the molecule is C=C(C)C(=O)OCCSc1ccc2c(c1)Sc1ccc(SCCOC(=O)C(=C)C)cc1S2. The summed E-state index contributed by atoms with van der Waals surface area (Å²) in [4.78, 5) is 30.1. The molecule has 1 heterocycles. The van der Waals surface area contributed by atoms with E-state index in [9.17, 15) is 9.59 Å². The quantitative estimate of drug-likeness (QED) is 0.130. The Kier molecular flexibility index (Phi) is 9.28. The number of ether oxygens (including phenoxy) is 2. The zero-order valence-electron chi connectivity index (χ0n) is 18.0. The molecule has 0 spiro atoms. The molecule has 3 rings (SSSR count). The van der Waals surface area contributed by atoms with Gasteiger partial charge in [0.1, 0.15) is 13.2 Å². The number of hydrogen-bond donors (Lipinski definition) is 0. The molecule has 0 atom stereocenters. The zero-order valence-corrected chi connectivity index (χ0v) is 21.2. The molecule has 0 fully saturated rings. The van der Waals surface area contributed by atoms with E-state index in [0.29, 0.717) is 35.9 Å². The lowest BCUT2D eigenvalue weighted by molar-refractivity contribution is -0.139. The molecule has 0 saturated carbocycles. The number of thioether (sulfide) groups is 2. The van der Waals surface area contributed by atoms with E-state index in [1.54, 1.807) is 60.9 Å². The monoisotopic (exact) mass is 504 g/mol. The van der Waals surface area contributed by atoms with Crippen molar-refractivity contribution >= 4 is 59.0 Å². The number of carbonyl (C=O) groups is 2. The van der Waals surface area contributed by atoms with E-state index in [4.69, 9.17) is 9.47 Å². The van der Waals surface area contributed by atoms with Gasteiger partial charge >= 0.3 is 11.9 Å². The summed E-state index contributed by atoms with van der Waals surface area (Å²) in [5.41, 5.74) is 0.840. The fourth-order valence-electron chi connectivity index (χ4n) is 2.56. The van der Waals surface area contributed by atoms with Crippen LogP contribution in [-0.2, 0) is 19.1 Å². The van der Waals surface area contributed by atoms with Crippen molar-refractivity contribution in [2.24, 2.45) is 0 Å². The van der Waals surface area contributed by atoms with Crippen molar-refractivity contribution in [3.63, 3.8) is 0 Å². The third-order valence-electron chi connectivity index (χ3n) is 4.14. The van der Waals surface area contributed by atoms with Crippen molar-refractivity contribution < 1.29 is 19.1 Å². The van der Waals surface area contributed by atoms with E-state index < -0.39 is 0 Å². The summed E-state index contributed by atoms with van der Waals surface area (Å²) in [6.45, 7) is 11.2. The second kappa shape index (κ2) is 11.9. The van der Waals surface area contributed by atoms with Crippen LogP contribution in [0.2, 0.25) is 0 Å². The molecule has 168 valence electrons. The summed E-state index contributed by atoms with van der Waals surface area (Å²) in [7, 11) is 0. The standard InChI is InChI=1S/C24H24O4S4/c1-15(2)23(25)27-9-11-29-17-5-7-19-21(13-17)31-20-8-6-18(14-22(20)32-19)30-12-10-28-24(26)16(3)4/h5-8,13-14H,1,3,9-12H2,2,4H3. The number of rotatable bonds is 10. The van der Waals surface area contributed by atoms with Crippen molar-refractivity contribution in [3.8, 4) is 0 Å². The van der Waals surface area contributed by atoms with Crippen LogP contribution < -0.4 is 0 Å². The Balaban J connectivity index is 1.52. The Morgan fingerprint density at radius 2 is 1.16 bits per heavy atom. The summed E-state index contributed by atoms with van der Waals surface area (Å²) in [5.74, 6) is 0.721. The molecular weight excluding hydrogens is 481 g/mol. The lowest BCUT2D eigenvalue weighted by Crippen LogP contribution is -2.07. The fourth-order valence-corrected chi connectivity index (χ4v) is 6.51. The van der Waals surface area contributed by atoms with Gasteiger partial charge in [0, 0.05) is 52.0 Å². The van der Waals surface area contributed by atoms with Gasteiger partial charge in [-0.2, -0.15) is 0 Å². The van der Waals surface area contributed by atoms with Gasteiger partial charge in [0.05, 0.1) is 0 Å². The highest BCUT2D eigenvalue weighted by molar-refractivity contribution is 8.05. The zero-order chi connectivity index (χ0) is 23.1. The Morgan fingerprint density at radius 1 is 0.750 bits per heavy atom. The van der Waals surface area contributed by atoms with Crippen molar-refractivity contribution in [1.29, 1.82) is 0 Å². The highest BCUT2D eigenvalue weighted by Gasteiger charge is 2.18. The molecule has 0 bridgehead atoms. The molecule has 2 aromatic rings. The third-order valence-corrected chi connectivity index (χ3v) is 8.58. The minimum absolute atomic E-state index is 0.343. The molecule has 0 amide bonds. The lowest BCUT2D eigenvalue weighted by Gasteiger charge is -2.19. The molecule has 1 aliphatic heterocycles. The van der Waals surface area contributed by atoms with Crippen LogP contribution in [0.5, 0.6) is 0 Å². The van der Waals surface area contributed by atoms with Gasteiger partial charge < -0.3 is 9.47 Å². The summed E-state index contributed by atoms with van der Waals surface area (Å²) >= 11 is 6.88. The predicted molar refractivity (Wildman–Crippen MR) is 134 cm³/mol. The lowest BCUT2D eigenvalue weighted by atomic mass is 10.3. The molecule has 0 unspecified atom stereocenters. The first kappa shape index (κ1) is 24.9. The maximum absolute atomic E-state index is 11.4. The molecule has 0 aliphatic carbocycles. The van der Waals surface area contributed by atoms with Crippen LogP contribution >= 0.6 is 47.0 Å². The van der Waals surface area contributed by atoms with Gasteiger partial charge in [-0.1, -0.05) is 36.7 Å². The summed E-state index contributed by atoms with van der Waals surface area (Å²) in [6.07, 6.45) is 0. The van der Waals surface area contributed by atoms with E-state index in [2.05, 4.69) is 49.6 Å². The fraction of sp³-hybridized carbons (Fsp3) is 0.250. The first-order valence-electron chi connectivity index (χ1n) is 9.88. The van der Waals surface area contributed by atoms with Crippen LogP contribution in [0.1, 0.15) is 13.8 Å². The topological polar surface area (TPSA) is 52.6 Å². The van der Waals surface area contributed by atoms with Gasteiger partial charge in [0.15, 0.2) is 0 Å². The van der Waals surface area contributed by atoms with Crippen LogP contribution in [0.3, 0.4) is 0 Å². The molecule has 4 nitrogen and oxygen atoms in total. The molecule has 8 heteroatoms. The molecule has 2 aromatic carbocycles. The maximum Gasteiger partial charge on any atom is 0.333 e. The van der Waals surface area contributed by atoms with Crippen LogP contribution in [0.15, 0.2) is 90.1 Å². The van der Waals surface area contributed by atoms with Crippen LogP contribution in [0, 0.1) is 0 Å². The van der Waals surface area contributed by atoms with E-state index in [1.165, 1.54) is 19.6 Å². The highest BCUT2D eigenvalue weighted by Crippen LogP contribution is 2.50. The highest BCUT2D eigenvalue weighted by atomic mass is 32.2. The molecule has 1 aliphatic rings. The van der Waals surface area contributed by atoms with Crippen LogP contribution in [-0.4, -0.2) is 36.7 Å². The van der Waals surface area contributed by atoms with Gasteiger partial charge in [0.25, 0.3) is 0 Å². The van der Waals surface area contributed by atoms with Gasteiger partial charge in [-0.15, -0.1) is 23.5 Å². The predicted octanol–water partition coefficient (Wildman–Crippen LogP) is 6.73. The third kappa shape index (κ3) is 7.13. The summed E-state index contributed by atoms with van der Waals surface area (Å²) in [6, 6.07) is 12.9. The van der Waals surface area contributed by atoms with Crippen LogP contribution in [0.4, 0.5) is 0 Å². The summed E-state index contributed by atoms with van der Waals surface area (Å²) < 4.78 is 10.3. The Bertz CT molecular complexity index is 965. The van der Waals surface area contributed by atoms with E-state index in [0.717, 1.165) is 9.79 Å². The van der Waals surface area contributed by atoms with Gasteiger partial charge in [0.2, 0.25) is 0 Å². The Morgan fingerprint density at radius 3 is 1.53 bits per heavy atom. The van der Waals surface area contributed by atoms with Crippen molar-refractivity contribution in [3.05, 3.63) is 60.7 Å². The molecule has 0 radical (unpaired) electrons. The number of benzene rings is 2. The molecular formula is C24H24O4S4. The first-order chi connectivity index (χ1) is 15.3. The average molecular weight is 505 g/mol. The van der Waals surface area contributed by atoms with Crippen molar-refractivity contribution in [1.82, 2.24) is 0 Å². The molecule has 32 heavy (non-hydrogen) atoms. The Hall–Kier alpha value is -1.74. The number of fused-ring (bicyclic) bond motifs is 2. The normalized spacial score (nSPS) is 11.8. The second-order valence-electron chi connectivity index (χ2n) is 6.95. The second-order valence-corrected chi connectivity index (χ2v) is 11.5. The molecule has 0 N–H and O–H groups in total. The van der Waals surface area contributed by atoms with Crippen LogP contribution in [0.25, 0.3) is 0 Å². The Labute approximate surface area is 206 Å². The summed E-state index contributed by atoms with van der Waals surface area (Å²) in [5, 5.41) is 0. The first-order valence-corrected chi connectivity index (χ1v) is 13.5. The van der Waals surface area contributed by atoms with Crippen molar-refractivity contribution in [2.45, 2.75) is 43.2 Å². The number of carbonyl (C=O) groups excluding carboxylic acids is 2. The van der Waals surface area contributed by atoms with Gasteiger partial charge in [-0.25, -0.2) is 9.59 Å². The smallest absolute Gasteiger partial charge is 0.333 e. The number of esters is 2. The van der Waals surface area contributed by atoms with E-state index >= 15 is 0 Å². The van der Waals surface area contributed by atoms with Gasteiger partial charge in [-0.3, -0.25) is 0 Å². The molecule has 0 saturated heterocycles. The average Bonchev–Trinajstić information content (AvgIpc) is 2.77. The minimum Gasteiger partial charge on any atom is -0.461 e. The van der Waals surface area contributed by atoms with Gasteiger partial charge in [-0.05, 0) is 50.2 Å². The van der Waals surface area contributed by atoms with E-state index in [1.807, 2.05) is 0 Å². The largest absolute Gasteiger partial charge is 0.461 e. The molecule has 0 aromatic heterocycles. The minimum atomic E-state index is -0.343. The van der Waals surface area contributed by atoms with Crippen molar-refractivity contribution in [2.75, 3.05) is 24.7 Å². The maximum atomic E-state index is 11.4.